The number of aromatic nitrogens is 2. The molecule has 1 unspecified atom stereocenters. The third-order valence-electron chi connectivity index (χ3n) is 3.22. The molecule has 1 aromatic carbocycles. The van der Waals surface area contributed by atoms with Gasteiger partial charge < -0.3 is 9.67 Å². The number of rotatable bonds is 1. The second-order valence-corrected chi connectivity index (χ2v) is 5.18. The van der Waals surface area contributed by atoms with Crippen LogP contribution in [0.5, 0.6) is 0 Å². The predicted molar refractivity (Wildman–Crippen MR) is 69.5 cm³/mol. The van der Waals surface area contributed by atoms with Crippen molar-refractivity contribution in [3.8, 4) is 11.4 Å². The van der Waals surface area contributed by atoms with E-state index in [2.05, 4.69) is 20.9 Å². The second kappa shape index (κ2) is 4.48. The Labute approximate surface area is 112 Å². The van der Waals surface area contributed by atoms with Crippen molar-refractivity contribution in [3.05, 3.63) is 40.4 Å². The molecule has 0 radical (unpaired) electrons. The van der Waals surface area contributed by atoms with Gasteiger partial charge in [-0.1, -0.05) is 12.1 Å². The molecule has 0 spiro atoms. The summed E-state index contributed by atoms with van der Waals surface area (Å²) in [5, 5.41) is 10.1. The minimum atomic E-state index is -0.578. The molecule has 3 nitrogen and oxygen atoms in total. The number of fused-ring (bicyclic) bond motifs is 1. The lowest BCUT2D eigenvalue weighted by Gasteiger charge is -2.23. The van der Waals surface area contributed by atoms with Crippen LogP contribution in [0.1, 0.15) is 24.8 Å². The van der Waals surface area contributed by atoms with Crippen LogP contribution in [-0.2, 0) is 6.42 Å². The average molecular weight is 311 g/mol. The maximum Gasteiger partial charge on any atom is 0.143 e. The third kappa shape index (κ3) is 1.87. The van der Waals surface area contributed by atoms with E-state index in [9.17, 15) is 9.50 Å². The highest BCUT2D eigenvalue weighted by molar-refractivity contribution is 9.10. The molecule has 0 amide bonds. The van der Waals surface area contributed by atoms with Gasteiger partial charge in [0.05, 0.1) is 5.69 Å². The van der Waals surface area contributed by atoms with Gasteiger partial charge in [0.15, 0.2) is 0 Å². The van der Waals surface area contributed by atoms with Crippen LogP contribution in [0.15, 0.2) is 28.9 Å². The van der Waals surface area contributed by atoms with E-state index in [4.69, 9.17) is 0 Å². The summed E-state index contributed by atoms with van der Waals surface area (Å²) >= 11 is 3.41. The molecular formula is C13H12BrFN2O. The molecule has 1 aliphatic rings. The standard InChI is InChI=1S/C13H12BrFN2O/c14-12-10-5-2-6-11(18)17(10)13(16-12)8-3-1-4-9(15)7-8/h1,3-4,7,11,18H,2,5-6H2. The Balaban J connectivity index is 2.18. The van der Waals surface area contributed by atoms with Crippen molar-refractivity contribution in [2.24, 2.45) is 0 Å². The molecule has 1 N–H and O–H groups in total. The van der Waals surface area contributed by atoms with Crippen LogP contribution in [0, 0.1) is 5.82 Å². The molecule has 0 fully saturated rings. The van der Waals surface area contributed by atoms with Gasteiger partial charge in [0, 0.05) is 5.56 Å². The third-order valence-corrected chi connectivity index (χ3v) is 3.85. The quantitative estimate of drug-likeness (QED) is 0.878. The molecule has 0 aliphatic carbocycles. The fourth-order valence-electron chi connectivity index (χ4n) is 2.40. The zero-order valence-electron chi connectivity index (χ0n) is 9.61. The van der Waals surface area contributed by atoms with Crippen LogP contribution < -0.4 is 0 Å². The summed E-state index contributed by atoms with van der Waals surface area (Å²) < 4.78 is 15.8. The number of benzene rings is 1. The molecule has 2 aromatic rings. The van der Waals surface area contributed by atoms with Crippen molar-refractivity contribution in [2.45, 2.75) is 25.5 Å². The number of imidazole rings is 1. The smallest absolute Gasteiger partial charge is 0.143 e. The first kappa shape index (κ1) is 11.9. The minimum absolute atomic E-state index is 0.300. The lowest BCUT2D eigenvalue weighted by molar-refractivity contribution is 0.0805. The summed E-state index contributed by atoms with van der Waals surface area (Å²) in [5.41, 5.74) is 1.66. The highest BCUT2D eigenvalue weighted by Gasteiger charge is 2.25. The van der Waals surface area contributed by atoms with Gasteiger partial charge in [0.25, 0.3) is 0 Å². The van der Waals surface area contributed by atoms with Crippen LogP contribution in [-0.4, -0.2) is 14.7 Å². The van der Waals surface area contributed by atoms with Crippen LogP contribution in [0.25, 0.3) is 11.4 Å². The Morgan fingerprint density at radius 3 is 3.06 bits per heavy atom. The van der Waals surface area contributed by atoms with Gasteiger partial charge in [-0.3, -0.25) is 0 Å². The van der Waals surface area contributed by atoms with Crippen molar-refractivity contribution in [1.29, 1.82) is 0 Å². The molecule has 2 heterocycles. The number of aliphatic hydroxyl groups excluding tert-OH is 1. The maximum absolute atomic E-state index is 13.3. The van der Waals surface area contributed by atoms with Crippen molar-refractivity contribution in [2.75, 3.05) is 0 Å². The molecule has 5 heteroatoms. The van der Waals surface area contributed by atoms with Gasteiger partial charge in [-0.2, -0.15) is 0 Å². The monoisotopic (exact) mass is 310 g/mol. The van der Waals surface area contributed by atoms with E-state index in [1.165, 1.54) is 12.1 Å². The molecule has 0 saturated heterocycles. The summed E-state index contributed by atoms with van der Waals surface area (Å²) in [7, 11) is 0. The van der Waals surface area contributed by atoms with Crippen molar-refractivity contribution < 1.29 is 9.50 Å². The molecule has 0 saturated carbocycles. The number of hydrogen-bond acceptors (Lipinski definition) is 2. The van der Waals surface area contributed by atoms with Gasteiger partial charge in [-0.15, -0.1) is 0 Å². The van der Waals surface area contributed by atoms with Gasteiger partial charge in [0.2, 0.25) is 0 Å². The fraction of sp³-hybridized carbons (Fsp3) is 0.308. The van der Waals surface area contributed by atoms with Gasteiger partial charge in [-0.05, 0) is 47.3 Å². The van der Waals surface area contributed by atoms with Gasteiger partial charge >= 0.3 is 0 Å². The first-order valence-electron chi connectivity index (χ1n) is 5.87. The second-order valence-electron chi connectivity index (χ2n) is 4.43. The zero-order valence-corrected chi connectivity index (χ0v) is 11.2. The topological polar surface area (TPSA) is 38.1 Å². The predicted octanol–water partition coefficient (Wildman–Crippen LogP) is 3.28. The Morgan fingerprint density at radius 1 is 1.44 bits per heavy atom. The summed E-state index contributed by atoms with van der Waals surface area (Å²) in [6, 6.07) is 6.28. The van der Waals surface area contributed by atoms with E-state index >= 15 is 0 Å². The van der Waals surface area contributed by atoms with Gasteiger partial charge in [0.1, 0.15) is 22.5 Å². The molecule has 1 aliphatic heterocycles. The van der Waals surface area contributed by atoms with E-state index < -0.39 is 6.23 Å². The fourth-order valence-corrected chi connectivity index (χ4v) is 2.95. The van der Waals surface area contributed by atoms with E-state index in [1.807, 2.05) is 0 Å². The van der Waals surface area contributed by atoms with E-state index in [0.29, 0.717) is 17.8 Å². The number of halogens is 2. The molecule has 94 valence electrons. The lowest BCUT2D eigenvalue weighted by atomic mass is 10.1. The minimum Gasteiger partial charge on any atom is -0.373 e. The van der Waals surface area contributed by atoms with Crippen molar-refractivity contribution >= 4 is 15.9 Å². The first-order chi connectivity index (χ1) is 8.66. The van der Waals surface area contributed by atoms with Crippen LogP contribution in [0.4, 0.5) is 4.39 Å². The normalized spacial score (nSPS) is 18.7. The molecule has 1 aromatic heterocycles. The summed E-state index contributed by atoms with van der Waals surface area (Å²) in [4.78, 5) is 4.41. The Hall–Kier alpha value is -1.20. The molecule has 3 rings (SSSR count). The first-order valence-corrected chi connectivity index (χ1v) is 6.66. The highest BCUT2D eigenvalue weighted by atomic mass is 79.9. The average Bonchev–Trinajstić information content (AvgIpc) is 2.69. The molecular weight excluding hydrogens is 299 g/mol. The van der Waals surface area contributed by atoms with Crippen molar-refractivity contribution in [3.63, 3.8) is 0 Å². The molecule has 18 heavy (non-hydrogen) atoms. The van der Waals surface area contributed by atoms with Crippen LogP contribution in [0.3, 0.4) is 0 Å². The highest BCUT2D eigenvalue weighted by Crippen LogP contribution is 2.34. The van der Waals surface area contributed by atoms with E-state index in [1.54, 1.807) is 16.7 Å². The largest absolute Gasteiger partial charge is 0.373 e. The Morgan fingerprint density at radius 2 is 2.28 bits per heavy atom. The zero-order chi connectivity index (χ0) is 12.7. The molecule has 0 bridgehead atoms. The summed E-state index contributed by atoms with van der Waals surface area (Å²) in [6.45, 7) is 0. The number of aliphatic hydroxyl groups is 1. The van der Waals surface area contributed by atoms with Crippen LogP contribution in [0.2, 0.25) is 0 Å². The summed E-state index contributed by atoms with van der Waals surface area (Å²) in [5.74, 6) is 0.315. The Bertz CT molecular complexity index is 597. The summed E-state index contributed by atoms with van der Waals surface area (Å²) in [6.07, 6.45) is 1.94. The number of nitrogens with zero attached hydrogens (tertiary/aromatic N) is 2. The maximum atomic E-state index is 13.3. The van der Waals surface area contributed by atoms with Gasteiger partial charge in [-0.25, -0.2) is 9.37 Å². The van der Waals surface area contributed by atoms with Crippen LogP contribution >= 0.6 is 15.9 Å². The van der Waals surface area contributed by atoms with Crippen molar-refractivity contribution in [1.82, 2.24) is 9.55 Å². The van der Waals surface area contributed by atoms with E-state index in [-0.39, 0.29) is 5.82 Å². The SMILES string of the molecule is OC1CCCc2c(Br)nc(-c3cccc(F)c3)n21. The molecule has 1 atom stereocenters. The lowest BCUT2D eigenvalue weighted by Crippen LogP contribution is -2.18. The van der Waals surface area contributed by atoms with E-state index in [0.717, 1.165) is 23.1 Å². The Kier molecular flexibility index (Phi) is 2.95. The number of hydrogen-bond donors (Lipinski definition) is 1.